The van der Waals surface area contributed by atoms with Crippen LogP contribution in [0.3, 0.4) is 0 Å². The van der Waals surface area contributed by atoms with Crippen LogP contribution in [0.2, 0.25) is 0 Å². The summed E-state index contributed by atoms with van der Waals surface area (Å²) >= 11 is 1.52. The van der Waals surface area contributed by atoms with Crippen LogP contribution in [-0.4, -0.2) is 53.4 Å². The average molecular weight is 492 g/mol. The number of likely N-dealkylation sites (tertiary alicyclic amines) is 1. The lowest BCUT2D eigenvalue weighted by Gasteiger charge is -2.31. The van der Waals surface area contributed by atoms with E-state index in [1.165, 1.54) is 29.9 Å². The number of hydrogen-bond acceptors (Lipinski definition) is 6. The second-order valence-corrected chi connectivity index (χ2v) is 10.1. The molecule has 1 amide bonds. The van der Waals surface area contributed by atoms with Gasteiger partial charge in [-0.3, -0.25) is 4.79 Å². The molecule has 2 aliphatic heterocycles. The van der Waals surface area contributed by atoms with E-state index in [0.717, 1.165) is 55.2 Å². The first-order valence-electron chi connectivity index (χ1n) is 12.2. The predicted octanol–water partition coefficient (Wildman–Crippen LogP) is 4.47. The third-order valence-electron chi connectivity index (χ3n) is 6.82. The molecule has 8 nitrogen and oxygen atoms in total. The summed E-state index contributed by atoms with van der Waals surface area (Å²) in [4.78, 5) is 20.9. The lowest BCUT2D eigenvalue weighted by molar-refractivity contribution is 0.0690. The molecule has 35 heavy (non-hydrogen) atoms. The Balaban J connectivity index is 1.29. The molecule has 1 unspecified atom stereocenters. The minimum atomic E-state index is -0.325. The van der Waals surface area contributed by atoms with Gasteiger partial charge in [0.2, 0.25) is 5.82 Å². The predicted molar refractivity (Wildman–Crippen MR) is 130 cm³/mol. The van der Waals surface area contributed by atoms with Gasteiger partial charge < -0.3 is 9.47 Å². The summed E-state index contributed by atoms with van der Waals surface area (Å²) in [7, 11) is 0. The number of benzene rings is 1. The van der Waals surface area contributed by atoms with Gasteiger partial charge in [-0.15, -0.1) is 26.6 Å². The molecule has 5 heterocycles. The molecule has 0 radical (unpaired) electrons. The number of halogens is 1. The van der Waals surface area contributed by atoms with Gasteiger partial charge in [-0.2, -0.15) is 0 Å². The molecule has 1 fully saturated rings. The molecule has 0 aliphatic carbocycles. The molecule has 1 atom stereocenters. The Kier molecular flexibility index (Phi) is 5.89. The smallest absolute Gasteiger partial charge is 0.293 e. The third-order valence-corrected chi connectivity index (χ3v) is 7.69. The van der Waals surface area contributed by atoms with Gasteiger partial charge in [-0.25, -0.2) is 14.1 Å². The molecular weight excluding hydrogens is 465 g/mol. The zero-order chi connectivity index (χ0) is 23.8. The molecule has 1 aromatic carbocycles. The molecule has 2 aliphatic rings. The Bertz CT molecular complexity index is 1330. The van der Waals surface area contributed by atoms with E-state index in [-0.39, 0.29) is 23.5 Å². The number of carbonyl (C=O) groups excluding carboxylic acids is 1. The maximum Gasteiger partial charge on any atom is 0.293 e. The average Bonchev–Trinajstić information content (AvgIpc) is 3.62. The first-order chi connectivity index (χ1) is 17.2. The van der Waals surface area contributed by atoms with Crippen molar-refractivity contribution in [3.63, 3.8) is 0 Å². The van der Waals surface area contributed by atoms with Crippen LogP contribution in [0.4, 0.5) is 4.39 Å². The van der Waals surface area contributed by atoms with Crippen molar-refractivity contribution >= 4 is 17.2 Å². The topological polar surface area (TPSA) is 81.7 Å². The number of hydrogen-bond donors (Lipinski definition) is 0. The van der Waals surface area contributed by atoms with Gasteiger partial charge in [0.05, 0.1) is 10.6 Å². The Morgan fingerprint density at radius 2 is 1.91 bits per heavy atom. The molecule has 0 saturated carbocycles. The summed E-state index contributed by atoms with van der Waals surface area (Å²) in [6.07, 6.45) is 6.37. The van der Waals surface area contributed by atoms with Crippen molar-refractivity contribution in [1.29, 1.82) is 0 Å². The summed E-state index contributed by atoms with van der Waals surface area (Å²) in [6.45, 7) is 2.20. The SMILES string of the molecule is O=C(c1nc(-c2cccs2)n(-c2ccc(F)cc2)n1)N1CCCC(c2nnc3n2CCCCC3)C1. The standard InChI is InChI=1S/C25H26FN7OS/c26-18-9-11-19(12-10-18)33-24(20-7-5-15-35-20)27-22(30-33)25(34)31-13-4-6-17(16-31)23-29-28-21-8-2-1-3-14-32(21)23/h5,7,9-12,15,17H,1-4,6,8,13-14,16H2. The quantitative estimate of drug-likeness (QED) is 0.421. The van der Waals surface area contributed by atoms with E-state index in [4.69, 9.17) is 0 Å². The summed E-state index contributed by atoms with van der Waals surface area (Å²) in [6, 6.07) is 9.92. The normalized spacial score (nSPS) is 18.3. The lowest BCUT2D eigenvalue weighted by Crippen LogP contribution is -2.40. The van der Waals surface area contributed by atoms with E-state index in [1.807, 2.05) is 22.4 Å². The van der Waals surface area contributed by atoms with Gasteiger partial charge in [0.15, 0.2) is 5.82 Å². The number of piperidine rings is 1. The molecule has 3 aromatic heterocycles. The molecule has 4 aromatic rings. The van der Waals surface area contributed by atoms with Gasteiger partial charge in [0.1, 0.15) is 17.5 Å². The number of fused-ring (bicyclic) bond motifs is 1. The Hall–Kier alpha value is -3.40. The maximum atomic E-state index is 13.6. The first-order valence-corrected chi connectivity index (χ1v) is 13.0. The monoisotopic (exact) mass is 491 g/mol. The van der Waals surface area contributed by atoms with Crippen LogP contribution in [0.1, 0.15) is 60.3 Å². The Morgan fingerprint density at radius 1 is 1.03 bits per heavy atom. The van der Waals surface area contributed by atoms with Gasteiger partial charge in [-0.05, 0) is 61.4 Å². The zero-order valence-corrected chi connectivity index (χ0v) is 20.1. The van der Waals surface area contributed by atoms with E-state index in [2.05, 4.69) is 24.8 Å². The molecule has 0 N–H and O–H groups in total. The molecule has 0 spiro atoms. The molecule has 180 valence electrons. The highest BCUT2D eigenvalue weighted by Gasteiger charge is 2.32. The van der Waals surface area contributed by atoms with Crippen molar-refractivity contribution < 1.29 is 9.18 Å². The lowest BCUT2D eigenvalue weighted by atomic mass is 9.97. The Morgan fingerprint density at radius 3 is 2.74 bits per heavy atom. The largest absolute Gasteiger partial charge is 0.335 e. The van der Waals surface area contributed by atoms with E-state index in [1.54, 1.807) is 16.8 Å². The number of thiophene rings is 1. The van der Waals surface area contributed by atoms with Gasteiger partial charge >= 0.3 is 0 Å². The van der Waals surface area contributed by atoms with Crippen LogP contribution in [0, 0.1) is 5.82 Å². The highest BCUT2D eigenvalue weighted by atomic mass is 32.1. The summed E-state index contributed by atoms with van der Waals surface area (Å²) in [5.74, 6) is 2.44. The van der Waals surface area contributed by atoms with Gasteiger partial charge in [0.25, 0.3) is 5.91 Å². The first kappa shape index (κ1) is 22.1. The van der Waals surface area contributed by atoms with Crippen LogP contribution in [0.15, 0.2) is 41.8 Å². The van der Waals surface area contributed by atoms with E-state index < -0.39 is 0 Å². The fraction of sp³-hybridized carbons (Fsp3) is 0.400. The molecule has 6 rings (SSSR count). The van der Waals surface area contributed by atoms with Crippen LogP contribution in [0.5, 0.6) is 0 Å². The van der Waals surface area contributed by atoms with E-state index in [9.17, 15) is 9.18 Å². The van der Waals surface area contributed by atoms with Crippen LogP contribution in [-0.2, 0) is 13.0 Å². The minimum Gasteiger partial charge on any atom is -0.335 e. The van der Waals surface area contributed by atoms with E-state index in [0.29, 0.717) is 24.6 Å². The van der Waals surface area contributed by atoms with Crippen molar-refractivity contribution in [3.8, 4) is 16.4 Å². The van der Waals surface area contributed by atoms with Gasteiger partial charge in [0, 0.05) is 32.0 Å². The third kappa shape index (κ3) is 4.27. The summed E-state index contributed by atoms with van der Waals surface area (Å²) in [5.41, 5.74) is 0.657. The highest BCUT2D eigenvalue weighted by molar-refractivity contribution is 7.13. The Labute approximate surface area is 206 Å². The molecule has 0 bridgehead atoms. The van der Waals surface area contributed by atoms with Crippen molar-refractivity contribution in [1.82, 2.24) is 34.4 Å². The summed E-state index contributed by atoms with van der Waals surface area (Å²) in [5, 5.41) is 15.5. The number of rotatable bonds is 4. The number of amides is 1. The number of aromatic nitrogens is 6. The fourth-order valence-corrected chi connectivity index (χ4v) is 5.75. The van der Waals surface area contributed by atoms with Crippen molar-refractivity contribution in [2.45, 2.75) is 51.0 Å². The van der Waals surface area contributed by atoms with Gasteiger partial charge in [-0.1, -0.05) is 12.5 Å². The van der Waals surface area contributed by atoms with Crippen LogP contribution >= 0.6 is 11.3 Å². The molecular formula is C25H26FN7OS. The van der Waals surface area contributed by atoms with E-state index >= 15 is 0 Å². The second kappa shape index (κ2) is 9.33. The number of nitrogens with zero attached hydrogens (tertiary/aromatic N) is 7. The molecule has 1 saturated heterocycles. The van der Waals surface area contributed by atoms with Crippen molar-refractivity contribution in [2.75, 3.05) is 13.1 Å². The zero-order valence-electron chi connectivity index (χ0n) is 19.3. The second-order valence-electron chi connectivity index (χ2n) is 9.15. The maximum absolute atomic E-state index is 13.6. The number of carbonyl (C=O) groups is 1. The van der Waals surface area contributed by atoms with Crippen LogP contribution in [0.25, 0.3) is 16.4 Å². The van der Waals surface area contributed by atoms with Crippen molar-refractivity contribution in [3.05, 3.63) is 65.1 Å². The fourth-order valence-electron chi connectivity index (χ4n) is 5.05. The highest BCUT2D eigenvalue weighted by Crippen LogP contribution is 2.30. The molecule has 10 heteroatoms. The van der Waals surface area contributed by atoms with Crippen LogP contribution < -0.4 is 0 Å². The minimum absolute atomic E-state index is 0.151. The van der Waals surface area contributed by atoms with Crippen molar-refractivity contribution in [2.24, 2.45) is 0 Å². The number of aryl methyl sites for hydroxylation is 1. The summed E-state index contributed by atoms with van der Waals surface area (Å²) < 4.78 is 17.4.